The molecule has 1 heterocycles. The van der Waals surface area contributed by atoms with E-state index in [9.17, 15) is 24.5 Å². The number of nitrogens with one attached hydrogen (secondary N) is 1. The van der Waals surface area contributed by atoms with Crippen LogP contribution in [0.25, 0.3) is 0 Å². The molecule has 10 heteroatoms. The minimum Gasteiger partial charge on any atom is -0.469 e. The lowest BCUT2D eigenvalue weighted by Gasteiger charge is -2.12. The van der Waals surface area contributed by atoms with Crippen LogP contribution in [-0.4, -0.2) is 46.3 Å². The highest BCUT2D eigenvalue weighted by Gasteiger charge is 2.23. The van der Waals surface area contributed by atoms with Gasteiger partial charge in [0, 0.05) is 44.0 Å². The number of ether oxygens (including phenoxy) is 1. The zero-order valence-electron chi connectivity index (χ0n) is 15.3. The summed E-state index contributed by atoms with van der Waals surface area (Å²) in [6.45, 7) is -0.0238. The van der Waals surface area contributed by atoms with E-state index in [1.807, 2.05) is 0 Å². The molecule has 1 aromatic rings. The number of imidazole rings is 1. The molecule has 0 aliphatic carbocycles. The molecule has 0 aromatic carbocycles. The number of hydrogen-bond acceptors (Lipinski definition) is 8. The predicted molar refractivity (Wildman–Crippen MR) is 93.1 cm³/mol. The maximum Gasteiger partial charge on any atom is 0.309 e. The Labute approximate surface area is 156 Å². The number of hydrogen-bond donors (Lipinski definition) is 1. The van der Waals surface area contributed by atoms with Crippen LogP contribution in [0.2, 0.25) is 0 Å². The number of rotatable bonds is 15. The van der Waals surface area contributed by atoms with Crippen molar-refractivity contribution in [3.05, 3.63) is 28.3 Å². The Balaban J connectivity index is 2.24. The van der Waals surface area contributed by atoms with Gasteiger partial charge in [0.05, 0.1) is 26.0 Å². The number of esters is 1. The second kappa shape index (κ2) is 12.6. The number of ketones is 2. The molecule has 27 heavy (non-hydrogen) atoms. The highest BCUT2D eigenvalue weighted by Crippen LogP contribution is 2.15. The summed E-state index contributed by atoms with van der Waals surface area (Å²) >= 11 is 0. The van der Waals surface area contributed by atoms with E-state index in [4.69, 9.17) is 4.74 Å². The minimum atomic E-state index is -0.860. The highest BCUT2D eigenvalue weighted by atomic mass is 16.9. The fraction of sp³-hybridized carbons (Fsp3) is 0.647. The van der Waals surface area contributed by atoms with E-state index >= 15 is 0 Å². The molecule has 10 nitrogen and oxygen atoms in total. The van der Waals surface area contributed by atoms with E-state index in [1.54, 1.807) is 6.20 Å². The first-order valence-corrected chi connectivity index (χ1v) is 8.78. The van der Waals surface area contributed by atoms with Crippen molar-refractivity contribution in [2.75, 3.05) is 13.7 Å². The summed E-state index contributed by atoms with van der Waals surface area (Å²) in [6.07, 6.45) is 5.63. The minimum absolute atomic E-state index is 0.00545. The fourth-order valence-electron chi connectivity index (χ4n) is 2.62. The van der Waals surface area contributed by atoms with E-state index in [0.29, 0.717) is 32.1 Å². The average molecular weight is 383 g/mol. The first-order valence-electron chi connectivity index (χ1n) is 8.78. The maximum atomic E-state index is 12.1. The van der Waals surface area contributed by atoms with Crippen LogP contribution in [-0.2, 0) is 30.4 Å². The lowest BCUT2D eigenvalue weighted by atomic mass is 9.95. The zero-order valence-corrected chi connectivity index (χ0v) is 15.3. The van der Waals surface area contributed by atoms with E-state index < -0.39 is 17.0 Å². The van der Waals surface area contributed by atoms with E-state index in [-0.39, 0.29) is 37.4 Å². The molecule has 0 aliphatic heterocycles. The summed E-state index contributed by atoms with van der Waals surface area (Å²) in [7, 11) is 1.28. The Hall–Kier alpha value is -2.78. The van der Waals surface area contributed by atoms with Gasteiger partial charge in [-0.15, -0.1) is 10.1 Å². The van der Waals surface area contributed by atoms with Gasteiger partial charge in [-0.1, -0.05) is 0 Å². The molecule has 0 bridgehead atoms. The molecule has 1 rings (SSSR count). The number of carbonyl (C=O) groups excluding carboxylic acids is 3. The van der Waals surface area contributed by atoms with Crippen LogP contribution >= 0.6 is 0 Å². The number of aromatic nitrogens is 2. The summed E-state index contributed by atoms with van der Waals surface area (Å²) in [5.41, 5.74) is 0.745. The standard InChI is InChI=1S/C17H25N3O7/c1-26-17(23)13(9-14-11-18-12-19-14)10-16(22)7-4-6-15(21)5-2-3-8-27-20(24)25/h11-13H,2-10H2,1H3,(H,18,19). The molecule has 1 N–H and O–H groups in total. The molecule has 0 radical (unpaired) electrons. The van der Waals surface area contributed by atoms with Crippen molar-refractivity contribution in [2.45, 2.75) is 51.4 Å². The summed E-state index contributed by atoms with van der Waals surface area (Å²) in [4.78, 5) is 56.6. The van der Waals surface area contributed by atoms with Crippen molar-refractivity contribution in [2.24, 2.45) is 5.92 Å². The normalized spacial score (nSPS) is 11.6. The SMILES string of the molecule is COC(=O)C(CC(=O)CCCC(=O)CCCCO[N+](=O)[O-])Cc1cnc[nH]1. The van der Waals surface area contributed by atoms with Gasteiger partial charge in [-0.25, -0.2) is 4.98 Å². The van der Waals surface area contributed by atoms with Crippen molar-refractivity contribution < 1.29 is 29.0 Å². The number of carbonyl (C=O) groups is 3. The molecule has 0 amide bonds. The lowest BCUT2D eigenvalue weighted by molar-refractivity contribution is -0.757. The molecular weight excluding hydrogens is 358 g/mol. The Bertz CT molecular complexity index is 616. The summed E-state index contributed by atoms with van der Waals surface area (Å²) in [5.74, 6) is -1.13. The van der Waals surface area contributed by atoms with Gasteiger partial charge in [-0.2, -0.15) is 0 Å². The second-order valence-electron chi connectivity index (χ2n) is 6.15. The van der Waals surface area contributed by atoms with Crippen LogP contribution in [0.3, 0.4) is 0 Å². The number of aromatic amines is 1. The van der Waals surface area contributed by atoms with Gasteiger partial charge < -0.3 is 14.6 Å². The van der Waals surface area contributed by atoms with Gasteiger partial charge >= 0.3 is 5.97 Å². The third-order valence-corrected chi connectivity index (χ3v) is 3.99. The van der Waals surface area contributed by atoms with Crippen molar-refractivity contribution in [3.8, 4) is 0 Å². The Kier molecular flexibility index (Phi) is 10.4. The number of unbranched alkanes of at least 4 members (excludes halogenated alkanes) is 1. The van der Waals surface area contributed by atoms with Crippen LogP contribution in [0.15, 0.2) is 12.5 Å². The molecule has 0 fully saturated rings. The first-order chi connectivity index (χ1) is 12.9. The predicted octanol–water partition coefficient (Wildman–Crippen LogP) is 1.82. The van der Waals surface area contributed by atoms with Crippen LogP contribution in [0.5, 0.6) is 0 Å². The fourth-order valence-corrected chi connectivity index (χ4v) is 2.62. The molecule has 0 aliphatic rings. The molecule has 1 unspecified atom stereocenters. The second-order valence-corrected chi connectivity index (χ2v) is 6.15. The molecule has 1 atom stereocenters. The van der Waals surface area contributed by atoms with Gasteiger partial charge in [-0.05, 0) is 19.3 Å². The number of H-pyrrole nitrogens is 1. The van der Waals surface area contributed by atoms with Gasteiger partial charge in [0.15, 0.2) is 0 Å². The third kappa shape index (κ3) is 10.1. The first kappa shape index (κ1) is 22.3. The van der Waals surface area contributed by atoms with Crippen molar-refractivity contribution in [1.82, 2.24) is 9.97 Å². The molecule has 0 saturated carbocycles. The summed E-state index contributed by atoms with van der Waals surface area (Å²) in [6, 6.07) is 0. The van der Waals surface area contributed by atoms with E-state index in [0.717, 1.165) is 5.69 Å². The molecule has 0 spiro atoms. The maximum absolute atomic E-state index is 12.1. The van der Waals surface area contributed by atoms with E-state index in [1.165, 1.54) is 13.4 Å². The van der Waals surface area contributed by atoms with Crippen LogP contribution in [0.4, 0.5) is 0 Å². The summed E-state index contributed by atoms with van der Waals surface area (Å²) in [5, 5.41) is 9.12. The Morgan fingerprint density at radius 1 is 1.19 bits per heavy atom. The zero-order chi connectivity index (χ0) is 20.1. The van der Waals surface area contributed by atoms with Gasteiger partial charge in [0.1, 0.15) is 11.6 Å². The van der Waals surface area contributed by atoms with Gasteiger partial charge in [-0.3, -0.25) is 14.4 Å². The Morgan fingerprint density at radius 3 is 2.52 bits per heavy atom. The number of nitrogens with zero attached hydrogens (tertiary/aromatic N) is 2. The number of Topliss-reactive ketones (excluding diaryl/α,β-unsaturated/α-hetero) is 2. The van der Waals surface area contributed by atoms with Crippen LogP contribution < -0.4 is 0 Å². The monoisotopic (exact) mass is 383 g/mol. The highest BCUT2D eigenvalue weighted by molar-refractivity contribution is 5.85. The topological polar surface area (TPSA) is 141 Å². The third-order valence-electron chi connectivity index (χ3n) is 3.99. The van der Waals surface area contributed by atoms with Gasteiger partial charge in [0.25, 0.3) is 5.09 Å². The lowest BCUT2D eigenvalue weighted by Crippen LogP contribution is -2.22. The van der Waals surface area contributed by atoms with E-state index in [2.05, 4.69) is 14.8 Å². The van der Waals surface area contributed by atoms with Crippen LogP contribution in [0, 0.1) is 16.0 Å². The van der Waals surface area contributed by atoms with Gasteiger partial charge in [0.2, 0.25) is 0 Å². The average Bonchev–Trinajstić information content (AvgIpc) is 3.13. The molecule has 1 aromatic heterocycles. The summed E-state index contributed by atoms with van der Waals surface area (Å²) < 4.78 is 4.75. The Morgan fingerprint density at radius 2 is 1.89 bits per heavy atom. The molecule has 0 saturated heterocycles. The molecular formula is C17H25N3O7. The smallest absolute Gasteiger partial charge is 0.309 e. The quantitative estimate of drug-likeness (QED) is 0.209. The number of methoxy groups -OCH3 is 1. The van der Waals surface area contributed by atoms with Crippen molar-refractivity contribution in [1.29, 1.82) is 0 Å². The van der Waals surface area contributed by atoms with Crippen molar-refractivity contribution >= 4 is 17.5 Å². The van der Waals surface area contributed by atoms with Crippen LogP contribution in [0.1, 0.15) is 50.6 Å². The van der Waals surface area contributed by atoms with Crippen molar-refractivity contribution in [3.63, 3.8) is 0 Å². The largest absolute Gasteiger partial charge is 0.469 e. The molecule has 150 valence electrons.